The van der Waals surface area contributed by atoms with E-state index in [0.717, 1.165) is 6.42 Å². The Labute approximate surface area is 70.0 Å². The minimum Gasteiger partial charge on any atom is -0.0804 e. The normalized spacial score (nSPS) is 17.2. The highest BCUT2D eigenvalue weighted by molar-refractivity contribution is 5.31. The molecule has 0 aliphatic heterocycles. The Morgan fingerprint density at radius 1 is 1.45 bits per heavy atom. The molecule has 0 fully saturated rings. The molecule has 1 aliphatic carbocycles. The van der Waals surface area contributed by atoms with Crippen LogP contribution in [0.4, 0.5) is 0 Å². The van der Waals surface area contributed by atoms with Gasteiger partial charge in [-0.25, -0.2) is 0 Å². The summed E-state index contributed by atoms with van der Waals surface area (Å²) in [5.74, 6) is 0. The van der Waals surface area contributed by atoms with E-state index in [-0.39, 0.29) is 0 Å². The van der Waals surface area contributed by atoms with Crippen molar-refractivity contribution < 1.29 is 0 Å². The van der Waals surface area contributed by atoms with E-state index in [1.165, 1.54) is 18.4 Å². The molecule has 0 heteroatoms. The van der Waals surface area contributed by atoms with E-state index < -0.39 is 0 Å². The fourth-order valence-corrected chi connectivity index (χ4v) is 1.73. The SMILES string of the molecule is CCCC(C)(C)C1=CCC=C1. The van der Waals surface area contributed by atoms with Crippen LogP contribution in [0.3, 0.4) is 0 Å². The fourth-order valence-electron chi connectivity index (χ4n) is 1.73. The molecule has 0 spiro atoms. The molecule has 0 amide bonds. The van der Waals surface area contributed by atoms with Crippen LogP contribution in [0.5, 0.6) is 0 Å². The molecule has 0 aromatic rings. The van der Waals surface area contributed by atoms with Gasteiger partial charge < -0.3 is 0 Å². The molecular weight excluding hydrogens is 132 g/mol. The van der Waals surface area contributed by atoms with E-state index in [2.05, 4.69) is 39.0 Å². The molecule has 0 N–H and O–H groups in total. The minimum absolute atomic E-state index is 0.405. The first kappa shape index (κ1) is 8.58. The monoisotopic (exact) mass is 150 g/mol. The molecule has 0 atom stereocenters. The summed E-state index contributed by atoms with van der Waals surface area (Å²) in [5.41, 5.74) is 1.93. The highest BCUT2D eigenvalue weighted by Gasteiger charge is 2.20. The second-order valence-electron chi connectivity index (χ2n) is 3.93. The summed E-state index contributed by atoms with van der Waals surface area (Å²) in [7, 11) is 0. The number of rotatable bonds is 3. The summed E-state index contributed by atoms with van der Waals surface area (Å²) < 4.78 is 0. The van der Waals surface area contributed by atoms with Crippen molar-refractivity contribution in [3.63, 3.8) is 0 Å². The van der Waals surface area contributed by atoms with Crippen LogP contribution in [0.1, 0.15) is 40.0 Å². The quantitative estimate of drug-likeness (QED) is 0.575. The van der Waals surface area contributed by atoms with Gasteiger partial charge in [0.1, 0.15) is 0 Å². The summed E-state index contributed by atoms with van der Waals surface area (Å²) in [6, 6.07) is 0. The smallest absolute Gasteiger partial charge is 0.0107 e. The van der Waals surface area contributed by atoms with Crippen molar-refractivity contribution in [1.29, 1.82) is 0 Å². The van der Waals surface area contributed by atoms with E-state index in [4.69, 9.17) is 0 Å². The summed E-state index contributed by atoms with van der Waals surface area (Å²) >= 11 is 0. The number of hydrogen-bond acceptors (Lipinski definition) is 0. The molecule has 0 saturated carbocycles. The summed E-state index contributed by atoms with van der Waals surface area (Å²) in [6.45, 7) is 6.91. The van der Waals surface area contributed by atoms with Crippen LogP contribution in [0, 0.1) is 5.41 Å². The third kappa shape index (κ3) is 1.95. The third-order valence-corrected chi connectivity index (χ3v) is 2.43. The molecule has 1 rings (SSSR count). The summed E-state index contributed by atoms with van der Waals surface area (Å²) in [6.07, 6.45) is 10.6. The van der Waals surface area contributed by atoms with Gasteiger partial charge >= 0.3 is 0 Å². The molecule has 0 heterocycles. The zero-order valence-corrected chi connectivity index (χ0v) is 7.85. The first-order valence-corrected chi connectivity index (χ1v) is 4.54. The maximum atomic E-state index is 2.34. The summed E-state index contributed by atoms with van der Waals surface area (Å²) in [4.78, 5) is 0. The Kier molecular flexibility index (Phi) is 2.53. The predicted molar refractivity (Wildman–Crippen MR) is 50.5 cm³/mol. The molecule has 0 aromatic heterocycles. The van der Waals surface area contributed by atoms with Gasteiger partial charge in [-0.15, -0.1) is 0 Å². The average Bonchev–Trinajstić information content (AvgIpc) is 2.37. The molecule has 0 aromatic carbocycles. The molecule has 0 nitrogen and oxygen atoms in total. The van der Waals surface area contributed by atoms with Gasteiger partial charge in [-0.3, -0.25) is 0 Å². The van der Waals surface area contributed by atoms with Crippen molar-refractivity contribution in [2.75, 3.05) is 0 Å². The van der Waals surface area contributed by atoms with Crippen molar-refractivity contribution in [2.24, 2.45) is 5.41 Å². The average molecular weight is 150 g/mol. The van der Waals surface area contributed by atoms with Gasteiger partial charge in [0.15, 0.2) is 0 Å². The van der Waals surface area contributed by atoms with E-state index in [0.29, 0.717) is 5.41 Å². The van der Waals surface area contributed by atoms with Crippen LogP contribution in [0.2, 0.25) is 0 Å². The van der Waals surface area contributed by atoms with Crippen LogP contribution < -0.4 is 0 Å². The van der Waals surface area contributed by atoms with Crippen molar-refractivity contribution in [2.45, 2.75) is 40.0 Å². The van der Waals surface area contributed by atoms with Crippen molar-refractivity contribution in [1.82, 2.24) is 0 Å². The van der Waals surface area contributed by atoms with Crippen molar-refractivity contribution in [3.05, 3.63) is 23.8 Å². The van der Waals surface area contributed by atoms with Gasteiger partial charge in [0.2, 0.25) is 0 Å². The van der Waals surface area contributed by atoms with E-state index in [1.807, 2.05) is 0 Å². The molecule has 11 heavy (non-hydrogen) atoms. The maximum absolute atomic E-state index is 2.34. The molecule has 0 radical (unpaired) electrons. The fraction of sp³-hybridized carbons (Fsp3) is 0.636. The van der Waals surface area contributed by atoms with Crippen LogP contribution in [-0.4, -0.2) is 0 Å². The van der Waals surface area contributed by atoms with Gasteiger partial charge in [0.05, 0.1) is 0 Å². The molecule has 0 unspecified atom stereocenters. The highest BCUT2D eigenvalue weighted by atomic mass is 14.3. The first-order chi connectivity index (χ1) is 5.17. The van der Waals surface area contributed by atoms with E-state index in [1.54, 1.807) is 0 Å². The van der Waals surface area contributed by atoms with Crippen LogP contribution in [0.25, 0.3) is 0 Å². The zero-order valence-electron chi connectivity index (χ0n) is 7.85. The highest BCUT2D eigenvalue weighted by Crippen LogP contribution is 2.34. The van der Waals surface area contributed by atoms with Gasteiger partial charge in [-0.2, -0.15) is 0 Å². The largest absolute Gasteiger partial charge is 0.0804 e. The minimum atomic E-state index is 0.405. The lowest BCUT2D eigenvalue weighted by atomic mass is 9.81. The maximum Gasteiger partial charge on any atom is -0.0107 e. The van der Waals surface area contributed by atoms with Gasteiger partial charge in [-0.1, -0.05) is 45.4 Å². The van der Waals surface area contributed by atoms with Gasteiger partial charge in [0.25, 0.3) is 0 Å². The Bertz CT molecular complexity index is 182. The summed E-state index contributed by atoms with van der Waals surface area (Å²) in [5, 5.41) is 0. The molecule has 1 aliphatic rings. The topological polar surface area (TPSA) is 0 Å². The first-order valence-electron chi connectivity index (χ1n) is 4.54. The van der Waals surface area contributed by atoms with E-state index >= 15 is 0 Å². The Balaban J connectivity index is 2.63. The van der Waals surface area contributed by atoms with Crippen LogP contribution in [0.15, 0.2) is 23.8 Å². The Hall–Kier alpha value is -0.520. The Morgan fingerprint density at radius 2 is 2.18 bits per heavy atom. The Morgan fingerprint density at radius 3 is 2.64 bits per heavy atom. The lowest BCUT2D eigenvalue weighted by molar-refractivity contribution is 0.412. The van der Waals surface area contributed by atoms with Gasteiger partial charge in [-0.05, 0) is 23.8 Å². The number of allylic oxidation sites excluding steroid dienone is 4. The molecule has 62 valence electrons. The standard InChI is InChI=1S/C11H18/c1-4-9-11(2,3)10-7-5-6-8-10/h5,7-8H,4,6,9H2,1-3H3. The van der Waals surface area contributed by atoms with Crippen molar-refractivity contribution in [3.8, 4) is 0 Å². The van der Waals surface area contributed by atoms with E-state index in [9.17, 15) is 0 Å². The molecule has 0 bridgehead atoms. The predicted octanol–water partition coefficient (Wildman–Crippen LogP) is 3.70. The number of hydrogen-bond donors (Lipinski definition) is 0. The van der Waals surface area contributed by atoms with Gasteiger partial charge in [0, 0.05) is 0 Å². The zero-order chi connectivity index (χ0) is 8.32. The lowest BCUT2D eigenvalue weighted by Gasteiger charge is -2.24. The third-order valence-electron chi connectivity index (χ3n) is 2.43. The van der Waals surface area contributed by atoms with Crippen molar-refractivity contribution >= 4 is 0 Å². The van der Waals surface area contributed by atoms with Crippen LogP contribution >= 0.6 is 0 Å². The second-order valence-corrected chi connectivity index (χ2v) is 3.93. The second kappa shape index (κ2) is 3.25. The lowest BCUT2D eigenvalue weighted by Crippen LogP contribution is -2.12. The molecule has 0 saturated heterocycles. The van der Waals surface area contributed by atoms with Crippen LogP contribution in [-0.2, 0) is 0 Å². The molecular formula is C11H18.